The van der Waals surface area contributed by atoms with E-state index < -0.39 is 5.97 Å². The van der Waals surface area contributed by atoms with Gasteiger partial charge in [0, 0.05) is 10.4 Å². The third-order valence-corrected chi connectivity index (χ3v) is 1.81. The Labute approximate surface area is 72.1 Å². The number of carboxylic acids is 1. The zero-order chi connectivity index (χ0) is 8.43. The van der Waals surface area contributed by atoms with Crippen molar-refractivity contribution in [1.29, 1.82) is 0 Å². The summed E-state index contributed by atoms with van der Waals surface area (Å²) < 4.78 is 4.76. The number of rotatable bonds is 2. The Hall–Kier alpha value is -0.770. The second-order valence-electron chi connectivity index (χ2n) is 2.13. The van der Waals surface area contributed by atoms with Crippen molar-refractivity contribution in [3.63, 3.8) is 0 Å². The van der Waals surface area contributed by atoms with Gasteiger partial charge < -0.3 is 9.52 Å². The van der Waals surface area contributed by atoms with Gasteiger partial charge in [0.15, 0.2) is 0 Å². The molecule has 1 atom stereocenters. The van der Waals surface area contributed by atoms with Crippen LogP contribution in [0.2, 0.25) is 0 Å². The van der Waals surface area contributed by atoms with Gasteiger partial charge in [-0.05, 0) is 13.0 Å². The molecule has 60 valence electrons. The number of aromatic carboxylic acids is 1. The molecule has 0 bridgehead atoms. The number of carboxylic acid groups (broad SMARTS) is 1. The zero-order valence-corrected chi connectivity index (χ0v) is 7.46. The fourth-order valence-corrected chi connectivity index (χ4v) is 1.17. The number of halogens is 1. The first-order valence-corrected chi connectivity index (χ1v) is 3.99. The molecule has 0 saturated carbocycles. The van der Waals surface area contributed by atoms with Gasteiger partial charge in [0.2, 0.25) is 5.76 Å². The molecule has 0 amide bonds. The second-order valence-corrected chi connectivity index (χ2v) is 3.50. The van der Waals surface area contributed by atoms with Crippen LogP contribution in [-0.4, -0.2) is 11.1 Å². The van der Waals surface area contributed by atoms with Crippen molar-refractivity contribution >= 4 is 21.9 Å². The van der Waals surface area contributed by atoms with E-state index in [2.05, 4.69) is 15.9 Å². The largest absolute Gasteiger partial charge is 0.475 e. The van der Waals surface area contributed by atoms with Gasteiger partial charge in [0.1, 0.15) is 0 Å². The molecular weight excluding hydrogens is 212 g/mol. The Balaban J connectivity index is 3.06. The average molecular weight is 219 g/mol. The van der Waals surface area contributed by atoms with E-state index in [1.807, 2.05) is 6.92 Å². The summed E-state index contributed by atoms with van der Waals surface area (Å²) in [6.45, 7) is 1.84. The summed E-state index contributed by atoms with van der Waals surface area (Å²) in [7, 11) is 0. The van der Waals surface area contributed by atoms with Crippen LogP contribution in [0, 0.1) is 0 Å². The van der Waals surface area contributed by atoms with Gasteiger partial charge in [0.05, 0.1) is 6.26 Å². The molecule has 0 aliphatic heterocycles. The summed E-state index contributed by atoms with van der Waals surface area (Å²) in [5.41, 5.74) is 0.664. The highest BCUT2D eigenvalue weighted by Crippen LogP contribution is 2.25. The second kappa shape index (κ2) is 3.09. The molecule has 0 fully saturated rings. The van der Waals surface area contributed by atoms with Crippen molar-refractivity contribution in [1.82, 2.24) is 0 Å². The molecule has 1 unspecified atom stereocenters. The molecule has 0 radical (unpaired) electrons. The molecule has 1 aromatic heterocycles. The van der Waals surface area contributed by atoms with Gasteiger partial charge in [-0.1, -0.05) is 15.9 Å². The molecule has 0 spiro atoms. The molecule has 1 N–H and O–H groups in total. The van der Waals surface area contributed by atoms with Crippen molar-refractivity contribution in [2.24, 2.45) is 0 Å². The van der Waals surface area contributed by atoms with E-state index in [0.29, 0.717) is 5.56 Å². The van der Waals surface area contributed by atoms with Crippen molar-refractivity contribution < 1.29 is 14.3 Å². The lowest BCUT2D eigenvalue weighted by Crippen LogP contribution is -1.98. The fourth-order valence-electron chi connectivity index (χ4n) is 0.806. The van der Waals surface area contributed by atoms with Crippen molar-refractivity contribution in [2.45, 2.75) is 11.8 Å². The van der Waals surface area contributed by atoms with Crippen LogP contribution in [0.1, 0.15) is 27.9 Å². The van der Waals surface area contributed by atoms with E-state index >= 15 is 0 Å². The molecule has 11 heavy (non-hydrogen) atoms. The highest BCUT2D eigenvalue weighted by molar-refractivity contribution is 9.09. The molecule has 3 nitrogen and oxygen atoms in total. The monoisotopic (exact) mass is 218 g/mol. The predicted molar refractivity (Wildman–Crippen MR) is 43.0 cm³/mol. The smallest absolute Gasteiger partial charge is 0.372 e. The normalized spacial score (nSPS) is 12.9. The van der Waals surface area contributed by atoms with E-state index in [4.69, 9.17) is 9.52 Å². The Bertz CT molecular complexity index is 264. The van der Waals surface area contributed by atoms with Crippen molar-refractivity contribution in [3.05, 3.63) is 23.7 Å². The highest BCUT2D eigenvalue weighted by atomic mass is 79.9. The van der Waals surface area contributed by atoms with Gasteiger partial charge in [0.25, 0.3) is 0 Å². The summed E-state index contributed by atoms with van der Waals surface area (Å²) in [4.78, 5) is 10.5. The van der Waals surface area contributed by atoms with E-state index in [1.165, 1.54) is 6.26 Å². The molecule has 0 saturated heterocycles. The number of hydrogen-bond acceptors (Lipinski definition) is 2. The summed E-state index contributed by atoms with van der Waals surface area (Å²) in [6, 6.07) is 1.64. The maximum atomic E-state index is 10.5. The fraction of sp³-hybridized carbons (Fsp3) is 0.286. The van der Waals surface area contributed by atoms with Crippen LogP contribution >= 0.6 is 15.9 Å². The molecule has 4 heteroatoms. The minimum absolute atomic E-state index is 0.00681. The van der Waals surface area contributed by atoms with E-state index in [-0.39, 0.29) is 10.6 Å². The summed E-state index contributed by atoms with van der Waals surface area (Å²) in [5.74, 6) is -1.02. The molecule has 0 aliphatic carbocycles. The van der Waals surface area contributed by atoms with Crippen molar-refractivity contribution in [3.8, 4) is 0 Å². The highest BCUT2D eigenvalue weighted by Gasteiger charge is 2.16. The quantitative estimate of drug-likeness (QED) is 0.777. The van der Waals surface area contributed by atoms with Gasteiger partial charge in [-0.15, -0.1) is 0 Å². The van der Waals surface area contributed by atoms with Crippen molar-refractivity contribution in [2.75, 3.05) is 0 Å². The Kier molecular flexibility index (Phi) is 2.34. The van der Waals surface area contributed by atoms with Crippen LogP contribution in [0.25, 0.3) is 0 Å². The van der Waals surface area contributed by atoms with Crippen LogP contribution in [0.15, 0.2) is 16.7 Å². The van der Waals surface area contributed by atoms with Gasteiger partial charge >= 0.3 is 5.97 Å². The first-order chi connectivity index (χ1) is 5.13. The Morgan fingerprint density at radius 3 is 2.82 bits per heavy atom. The standard InChI is InChI=1S/C7H7BrO3/c1-4(8)5-2-3-11-6(5)7(9)10/h2-4H,1H3,(H,9,10). The molecule has 1 rings (SSSR count). The van der Waals surface area contributed by atoms with Crippen LogP contribution in [-0.2, 0) is 0 Å². The van der Waals surface area contributed by atoms with Crippen LogP contribution in [0.3, 0.4) is 0 Å². The molecule has 1 aromatic rings. The molecular formula is C7H7BrO3. The lowest BCUT2D eigenvalue weighted by molar-refractivity contribution is 0.0661. The third-order valence-electron chi connectivity index (χ3n) is 1.32. The van der Waals surface area contributed by atoms with Gasteiger partial charge in [-0.2, -0.15) is 0 Å². The molecule has 1 heterocycles. The van der Waals surface area contributed by atoms with Crippen LogP contribution in [0.5, 0.6) is 0 Å². The summed E-state index contributed by atoms with van der Waals surface area (Å²) in [6.07, 6.45) is 1.37. The number of furan rings is 1. The SMILES string of the molecule is CC(Br)c1ccoc1C(=O)O. The van der Waals surface area contributed by atoms with Gasteiger partial charge in [-0.3, -0.25) is 0 Å². The summed E-state index contributed by atoms with van der Waals surface area (Å²) >= 11 is 3.26. The third kappa shape index (κ3) is 1.63. The number of alkyl halides is 1. The first kappa shape index (κ1) is 8.33. The molecule has 0 aliphatic rings. The Morgan fingerprint density at radius 2 is 2.45 bits per heavy atom. The predicted octanol–water partition coefficient (Wildman–Crippen LogP) is 2.43. The number of carbonyl (C=O) groups is 1. The van der Waals surface area contributed by atoms with E-state index in [0.717, 1.165) is 0 Å². The first-order valence-electron chi connectivity index (χ1n) is 3.07. The minimum atomic E-state index is -1.03. The average Bonchev–Trinajstić information content (AvgIpc) is 2.32. The van der Waals surface area contributed by atoms with E-state index in [1.54, 1.807) is 6.07 Å². The van der Waals surface area contributed by atoms with Crippen LogP contribution < -0.4 is 0 Å². The maximum absolute atomic E-state index is 10.5. The molecule has 0 aromatic carbocycles. The zero-order valence-electron chi connectivity index (χ0n) is 5.87. The van der Waals surface area contributed by atoms with Gasteiger partial charge in [-0.25, -0.2) is 4.79 Å². The Morgan fingerprint density at radius 1 is 1.82 bits per heavy atom. The number of hydrogen-bond donors (Lipinski definition) is 1. The topological polar surface area (TPSA) is 50.4 Å². The summed E-state index contributed by atoms with van der Waals surface area (Å²) in [5, 5.41) is 8.59. The lowest BCUT2D eigenvalue weighted by atomic mass is 10.2. The van der Waals surface area contributed by atoms with Crippen LogP contribution in [0.4, 0.5) is 0 Å². The lowest BCUT2D eigenvalue weighted by Gasteiger charge is -1.98. The van der Waals surface area contributed by atoms with E-state index in [9.17, 15) is 4.79 Å². The maximum Gasteiger partial charge on any atom is 0.372 e. The minimum Gasteiger partial charge on any atom is -0.475 e.